The Kier molecular flexibility index (Phi) is 8.11. The van der Waals surface area contributed by atoms with E-state index in [9.17, 15) is 0 Å². The van der Waals surface area contributed by atoms with E-state index in [1.165, 1.54) is 0 Å². The minimum Gasteiger partial charge on any atom is -0.494 e. The molecule has 2 aromatic rings. The first-order valence-electron chi connectivity index (χ1n) is 10.4. The largest absolute Gasteiger partial charge is 0.494 e. The molecule has 0 aliphatic carbocycles. The van der Waals surface area contributed by atoms with Crippen molar-refractivity contribution in [2.45, 2.75) is 39.5 Å². The smallest absolute Gasteiger partial charge is 0.151 e. The van der Waals surface area contributed by atoms with Crippen molar-refractivity contribution in [3.63, 3.8) is 0 Å². The van der Waals surface area contributed by atoms with Crippen LogP contribution in [0, 0.1) is 5.92 Å². The molecule has 0 amide bonds. The summed E-state index contributed by atoms with van der Waals surface area (Å²) >= 11 is 5.82. The van der Waals surface area contributed by atoms with Crippen LogP contribution in [0.5, 0.6) is 5.75 Å². The van der Waals surface area contributed by atoms with Crippen LogP contribution in [-0.2, 0) is 4.84 Å². The van der Waals surface area contributed by atoms with Gasteiger partial charge in [0.15, 0.2) is 11.0 Å². The van der Waals surface area contributed by atoms with Crippen molar-refractivity contribution in [1.82, 2.24) is 10.2 Å². The molecular weight excluding hydrogens is 388 g/mol. The summed E-state index contributed by atoms with van der Waals surface area (Å²) in [5.74, 6) is 2.48. The third-order valence-corrected chi connectivity index (χ3v) is 5.38. The molecule has 0 N–H and O–H groups in total. The third-order valence-electron chi connectivity index (χ3n) is 5.18. The van der Waals surface area contributed by atoms with Gasteiger partial charge in [0, 0.05) is 13.1 Å². The summed E-state index contributed by atoms with van der Waals surface area (Å²) in [4.78, 5) is 7.46. The lowest BCUT2D eigenvalue weighted by molar-refractivity contribution is 0.158. The van der Waals surface area contributed by atoms with Crippen LogP contribution in [0.15, 0.2) is 41.6 Å². The van der Waals surface area contributed by atoms with Gasteiger partial charge in [-0.25, -0.2) is 0 Å². The standard InChI is InChI=1S/C22H29ClN4O2/c1-3-20(26-29-4-2)18-5-7-19(8-6-18)28-16-13-17-11-14-27(15-12-17)22-10-9-21(23)24-25-22/h5-10,17H,3-4,11-16H2,1-2H3/b26-20+. The Hall–Kier alpha value is -2.34. The van der Waals surface area contributed by atoms with Gasteiger partial charge in [-0.15, -0.1) is 10.2 Å². The van der Waals surface area contributed by atoms with E-state index in [0.29, 0.717) is 17.7 Å². The molecule has 1 aliphatic rings. The average Bonchev–Trinajstić information content (AvgIpc) is 2.76. The average molecular weight is 417 g/mol. The van der Waals surface area contributed by atoms with E-state index < -0.39 is 0 Å². The van der Waals surface area contributed by atoms with Gasteiger partial charge in [0.25, 0.3) is 0 Å². The van der Waals surface area contributed by atoms with Gasteiger partial charge in [-0.3, -0.25) is 0 Å². The fourth-order valence-electron chi connectivity index (χ4n) is 3.48. The van der Waals surface area contributed by atoms with E-state index in [0.717, 1.165) is 68.2 Å². The summed E-state index contributed by atoms with van der Waals surface area (Å²) in [6, 6.07) is 11.8. The van der Waals surface area contributed by atoms with Gasteiger partial charge in [0.2, 0.25) is 0 Å². The first-order chi connectivity index (χ1) is 14.2. The Morgan fingerprint density at radius 1 is 1.10 bits per heavy atom. The highest BCUT2D eigenvalue weighted by Gasteiger charge is 2.20. The molecule has 1 saturated heterocycles. The maximum absolute atomic E-state index is 5.96. The summed E-state index contributed by atoms with van der Waals surface area (Å²) in [7, 11) is 0. The molecule has 0 atom stereocenters. The first kappa shape index (κ1) is 21.4. The number of aromatic nitrogens is 2. The number of halogens is 1. The molecule has 0 saturated carbocycles. The highest BCUT2D eigenvalue weighted by Crippen LogP contribution is 2.24. The molecule has 0 radical (unpaired) electrons. The molecule has 7 heteroatoms. The van der Waals surface area contributed by atoms with Crippen LogP contribution < -0.4 is 9.64 Å². The van der Waals surface area contributed by atoms with Crippen molar-refractivity contribution in [3.8, 4) is 5.75 Å². The van der Waals surface area contributed by atoms with E-state index in [-0.39, 0.29) is 0 Å². The number of hydrogen-bond acceptors (Lipinski definition) is 6. The molecule has 1 aromatic heterocycles. The van der Waals surface area contributed by atoms with Crippen LogP contribution in [-0.4, -0.2) is 42.2 Å². The van der Waals surface area contributed by atoms with Crippen molar-refractivity contribution in [2.75, 3.05) is 31.2 Å². The fraction of sp³-hybridized carbons (Fsp3) is 0.500. The summed E-state index contributed by atoms with van der Waals surface area (Å²) in [6.45, 7) is 7.31. The lowest BCUT2D eigenvalue weighted by Gasteiger charge is -2.32. The highest BCUT2D eigenvalue weighted by molar-refractivity contribution is 6.29. The molecule has 29 heavy (non-hydrogen) atoms. The summed E-state index contributed by atoms with van der Waals surface area (Å²) < 4.78 is 5.96. The molecule has 1 fully saturated rings. The first-order valence-corrected chi connectivity index (χ1v) is 10.7. The van der Waals surface area contributed by atoms with Crippen LogP contribution in [0.3, 0.4) is 0 Å². The molecule has 156 valence electrons. The van der Waals surface area contributed by atoms with Crippen LogP contribution in [0.4, 0.5) is 5.82 Å². The number of piperidine rings is 1. The summed E-state index contributed by atoms with van der Waals surface area (Å²) in [5.41, 5.74) is 2.03. The number of benzene rings is 1. The van der Waals surface area contributed by atoms with Crippen LogP contribution in [0.1, 0.15) is 45.1 Å². The van der Waals surface area contributed by atoms with Crippen LogP contribution in [0.2, 0.25) is 5.15 Å². The normalized spacial score (nSPS) is 15.4. The number of anilines is 1. The molecule has 3 rings (SSSR count). The van der Waals surface area contributed by atoms with E-state index in [1.54, 1.807) is 6.07 Å². The van der Waals surface area contributed by atoms with Crippen LogP contribution in [0.25, 0.3) is 0 Å². The highest BCUT2D eigenvalue weighted by atomic mass is 35.5. The molecule has 6 nitrogen and oxygen atoms in total. The van der Waals surface area contributed by atoms with E-state index in [2.05, 4.69) is 27.2 Å². The van der Waals surface area contributed by atoms with E-state index in [1.807, 2.05) is 37.3 Å². The molecule has 0 bridgehead atoms. The van der Waals surface area contributed by atoms with Crippen molar-refractivity contribution < 1.29 is 9.57 Å². The van der Waals surface area contributed by atoms with Gasteiger partial charge >= 0.3 is 0 Å². The summed E-state index contributed by atoms with van der Waals surface area (Å²) in [6.07, 6.45) is 4.18. The van der Waals surface area contributed by atoms with Gasteiger partial charge < -0.3 is 14.5 Å². The van der Waals surface area contributed by atoms with Gasteiger partial charge in [-0.1, -0.05) is 23.7 Å². The van der Waals surface area contributed by atoms with Crippen molar-refractivity contribution in [2.24, 2.45) is 11.1 Å². The van der Waals surface area contributed by atoms with Crippen LogP contribution >= 0.6 is 11.6 Å². The number of nitrogens with zero attached hydrogens (tertiary/aromatic N) is 4. The van der Waals surface area contributed by atoms with E-state index >= 15 is 0 Å². The quantitative estimate of drug-likeness (QED) is 0.426. The SMILES string of the molecule is CCO/N=C(\CC)c1ccc(OCCC2CCN(c3ccc(Cl)nn3)CC2)cc1. The topological polar surface area (TPSA) is 59.8 Å². The van der Waals surface area contributed by atoms with Gasteiger partial charge in [0.05, 0.1) is 12.3 Å². The van der Waals surface area contributed by atoms with Gasteiger partial charge in [-0.2, -0.15) is 0 Å². The molecule has 0 unspecified atom stereocenters. The zero-order chi connectivity index (χ0) is 20.5. The Labute approximate surface area is 177 Å². The molecule has 1 aromatic carbocycles. The summed E-state index contributed by atoms with van der Waals surface area (Å²) in [5, 5.41) is 12.7. The zero-order valence-corrected chi connectivity index (χ0v) is 17.9. The van der Waals surface area contributed by atoms with Gasteiger partial charge in [0.1, 0.15) is 12.4 Å². The second kappa shape index (κ2) is 11.0. The fourth-order valence-corrected chi connectivity index (χ4v) is 3.58. The Morgan fingerprint density at radius 3 is 2.48 bits per heavy atom. The van der Waals surface area contributed by atoms with Crippen molar-refractivity contribution >= 4 is 23.1 Å². The molecule has 1 aliphatic heterocycles. The predicted octanol–water partition coefficient (Wildman–Crippen LogP) is 4.97. The second-order valence-corrected chi connectivity index (χ2v) is 7.50. The second-order valence-electron chi connectivity index (χ2n) is 7.12. The molecular formula is C22H29ClN4O2. The van der Waals surface area contributed by atoms with Gasteiger partial charge in [-0.05, 0) is 80.5 Å². The lowest BCUT2D eigenvalue weighted by atomic mass is 9.94. The maximum atomic E-state index is 5.96. The minimum atomic E-state index is 0.432. The third kappa shape index (κ3) is 6.32. The molecule has 2 heterocycles. The Morgan fingerprint density at radius 2 is 1.86 bits per heavy atom. The zero-order valence-electron chi connectivity index (χ0n) is 17.2. The monoisotopic (exact) mass is 416 g/mol. The lowest BCUT2D eigenvalue weighted by Crippen LogP contribution is -2.34. The van der Waals surface area contributed by atoms with E-state index in [4.69, 9.17) is 21.2 Å². The van der Waals surface area contributed by atoms with Crippen molar-refractivity contribution in [3.05, 3.63) is 47.1 Å². The number of ether oxygens (including phenoxy) is 1. The number of rotatable bonds is 9. The predicted molar refractivity (Wildman–Crippen MR) is 117 cm³/mol. The Bertz CT molecular complexity index is 772. The minimum absolute atomic E-state index is 0.432. The Balaban J connectivity index is 1.41. The van der Waals surface area contributed by atoms with Crippen molar-refractivity contribution in [1.29, 1.82) is 0 Å². The number of oxime groups is 1. The number of hydrogen-bond donors (Lipinski definition) is 0. The molecule has 0 spiro atoms. The maximum Gasteiger partial charge on any atom is 0.151 e.